The first-order valence-electron chi connectivity index (χ1n) is 8.89. The maximum atomic E-state index is 15.9. The fourth-order valence-corrected chi connectivity index (χ4v) is 4.89. The standard InChI is InChI=1S/C16H23F2N5O4P/c1-6-24-11-9-10(21-14(19-3)22-11)23(8-20-9)13-15(2,17)12-16(18,26-13)7-25-28(4,5)27-12/h8,12-13H,6-7H2,1-5H3,(H,19,21,22)/q+1. The minimum absolute atomic E-state index is 0.244. The van der Waals surface area contributed by atoms with Gasteiger partial charge in [-0.05, 0) is 13.8 Å². The van der Waals surface area contributed by atoms with E-state index in [9.17, 15) is 0 Å². The minimum atomic E-state index is -2.41. The lowest BCUT2D eigenvalue weighted by Gasteiger charge is -2.35. The van der Waals surface area contributed by atoms with Gasteiger partial charge < -0.3 is 14.8 Å². The lowest BCUT2D eigenvalue weighted by molar-refractivity contribution is -0.212. The largest absolute Gasteiger partial charge is 0.476 e. The highest BCUT2D eigenvalue weighted by Crippen LogP contribution is 2.65. The monoisotopic (exact) mass is 418 g/mol. The van der Waals surface area contributed by atoms with Crippen LogP contribution in [0.1, 0.15) is 20.1 Å². The van der Waals surface area contributed by atoms with E-state index in [0.29, 0.717) is 12.1 Å². The average Bonchev–Trinajstić information content (AvgIpc) is 3.13. The van der Waals surface area contributed by atoms with Gasteiger partial charge in [0.1, 0.15) is 13.3 Å². The van der Waals surface area contributed by atoms with Gasteiger partial charge in [0.15, 0.2) is 29.7 Å². The Morgan fingerprint density at radius 1 is 1.39 bits per heavy atom. The molecule has 4 rings (SSSR count). The van der Waals surface area contributed by atoms with Crippen molar-refractivity contribution >= 4 is 24.8 Å². The Bertz CT molecular complexity index is 911. The zero-order valence-corrected chi connectivity index (χ0v) is 17.2. The van der Waals surface area contributed by atoms with Gasteiger partial charge in [0, 0.05) is 7.05 Å². The van der Waals surface area contributed by atoms with Crippen molar-refractivity contribution < 1.29 is 27.3 Å². The highest BCUT2D eigenvalue weighted by Gasteiger charge is 2.72. The first-order valence-corrected chi connectivity index (χ1v) is 11.4. The summed E-state index contributed by atoms with van der Waals surface area (Å²) in [5.74, 6) is -1.91. The summed E-state index contributed by atoms with van der Waals surface area (Å²) >= 11 is 0. The van der Waals surface area contributed by atoms with E-state index < -0.39 is 38.2 Å². The first-order chi connectivity index (χ1) is 13.1. The molecule has 0 saturated carbocycles. The van der Waals surface area contributed by atoms with Gasteiger partial charge >= 0.3 is 0 Å². The van der Waals surface area contributed by atoms with E-state index in [0.717, 1.165) is 0 Å². The van der Waals surface area contributed by atoms with Crippen molar-refractivity contribution in [2.24, 2.45) is 0 Å². The first kappa shape index (κ1) is 19.6. The molecular formula is C16H23F2N5O4P+. The molecule has 0 amide bonds. The number of anilines is 1. The number of rotatable bonds is 4. The summed E-state index contributed by atoms with van der Waals surface area (Å²) in [5.41, 5.74) is -1.61. The molecule has 2 aliphatic rings. The van der Waals surface area contributed by atoms with Crippen LogP contribution in [-0.2, 0) is 13.8 Å². The van der Waals surface area contributed by atoms with E-state index in [1.807, 2.05) is 6.92 Å². The van der Waals surface area contributed by atoms with Crippen molar-refractivity contribution in [2.45, 2.75) is 37.7 Å². The van der Waals surface area contributed by atoms with Crippen LogP contribution in [0.4, 0.5) is 14.7 Å². The Hall–Kier alpha value is -1.68. The molecule has 4 heterocycles. The number of nitrogens with zero attached hydrogens (tertiary/aromatic N) is 4. The van der Waals surface area contributed by atoms with E-state index in [4.69, 9.17) is 18.5 Å². The van der Waals surface area contributed by atoms with Gasteiger partial charge in [-0.1, -0.05) is 0 Å². The van der Waals surface area contributed by atoms with Crippen LogP contribution in [0, 0.1) is 0 Å². The fraction of sp³-hybridized carbons (Fsp3) is 0.688. The van der Waals surface area contributed by atoms with Crippen molar-refractivity contribution in [3.8, 4) is 5.88 Å². The van der Waals surface area contributed by atoms with Crippen LogP contribution in [0.3, 0.4) is 0 Å². The van der Waals surface area contributed by atoms with E-state index in [-0.39, 0.29) is 17.5 Å². The van der Waals surface area contributed by atoms with E-state index in [1.165, 1.54) is 17.8 Å². The number of fused-ring (bicyclic) bond motifs is 2. The Morgan fingerprint density at radius 2 is 2.14 bits per heavy atom. The van der Waals surface area contributed by atoms with Crippen LogP contribution in [0.25, 0.3) is 11.2 Å². The molecule has 2 fully saturated rings. The van der Waals surface area contributed by atoms with Crippen LogP contribution in [0.5, 0.6) is 5.88 Å². The lowest BCUT2D eigenvalue weighted by atomic mass is 9.97. The number of ether oxygens (including phenoxy) is 2. The summed E-state index contributed by atoms with van der Waals surface area (Å²) in [4.78, 5) is 12.8. The number of hydrogen-bond acceptors (Lipinski definition) is 8. The fourth-order valence-electron chi connectivity index (χ4n) is 3.47. The molecule has 0 bridgehead atoms. The predicted octanol–water partition coefficient (Wildman–Crippen LogP) is 2.71. The quantitative estimate of drug-likeness (QED) is 0.758. The molecular weight excluding hydrogens is 395 g/mol. The predicted molar refractivity (Wildman–Crippen MR) is 99.1 cm³/mol. The molecule has 154 valence electrons. The molecule has 2 saturated heterocycles. The second-order valence-electron chi connectivity index (χ2n) is 7.28. The highest BCUT2D eigenvalue weighted by molar-refractivity contribution is 7.65. The second-order valence-corrected chi connectivity index (χ2v) is 10.3. The van der Waals surface area contributed by atoms with Gasteiger partial charge in [-0.25, -0.2) is 18.3 Å². The van der Waals surface area contributed by atoms with Gasteiger partial charge in [-0.3, -0.25) is 4.57 Å². The molecule has 28 heavy (non-hydrogen) atoms. The number of aromatic nitrogens is 4. The van der Waals surface area contributed by atoms with Crippen LogP contribution >= 0.6 is 7.72 Å². The molecule has 12 heteroatoms. The Morgan fingerprint density at radius 3 is 2.82 bits per heavy atom. The van der Waals surface area contributed by atoms with Crippen LogP contribution in [0.15, 0.2) is 6.33 Å². The van der Waals surface area contributed by atoms with Crippen molar-refractivity contribution in [1.29, 1.82) is 0 Å². The number of halogens is 2. The van der Waals surface area contributed by atoms with Crippen molar-refractivity contribution in [1.82, 2.24) is 19.5 Å². The summed E-state index contributed by atoms with van der Waals surface area (Å²) in [5, 5.41) is 2.82. The number of nitrogens with one attached hydrogen (secondary N) is 1. The average molecular weight is 418 g/mol. The third-order valence-corrected chi connectivity index (χ3v) is 6.24. The summed E-state index contributed by atoms with van der Waals surface area (Å²) in [6.45, 7) is 6.45. The van der Waals surface area contributed by atoms with Gasteiger partial charge in [0.05, 0.1) is 12.9 Å². The van der Waals surface area contributed by atoms with E-state index in [2.05, 4.69) is 20.3 Å². The minimum Gasteiger partial charge on any atom is -0.476 e. The Kier molecular flexibility index (Phi) is 4.50. The molecule has 2 aliphatic heterocycles. The summed E-state index contributed by atoms with van der Waals surface area (Å²) in [6, 6.07) is 0. The smallest absolute Gasteiger partial charge is 0.273 e. The lowest BCUT2D eigenvalue weighted by Crippen LogP contribution is -2.51. The van der Waals surface area contributed by atoms with E-state index >= 15 is 8.78 Å². The third-order valence-electron chi connectivity index (χ3n) is 4.77. The topological polar surface area (TPSA) is 92.6 Å². The van der Waals surface area contributed by atoms with Gasteiger partial charge in [-0.2, -0.15) is 14.5 Å². The molecule has 4 atom stereocenters. The number of alkyl halides is 2. The summed E-state index contributed by atoms with van der Waals surface area (Å²) < 4.78 is 54.7. The van der Waals surface area contributed by atoms with Crippen molar-refractivity contribution in [3.05, 3.63) is 6.33 Å². The molecule has 2 aromatic rings. The molecule has 4 unspecified atom stereocenters. The van der Waals surface area contributed by atoms with Crippen molar-refractivity contribution in [2.75, 3.05) is 38.9 Å². The Balaban J connectivity index is 1.81. The molecule has 1 N–H and O–H groups in total. The third kappa shape index (κ3) is 2.92. The van der Waals surface area contributed by atoms with E-state index in [1.54, 1.807) is 20.4 Å². The highest BCUT2D eigenvalue weighted by atomic mass is 31.2. The molecule has 0 radical (unpaired) electrons. The Labute approximate surface area is 161 Å². The molecule has 0 aromatic carbocycles. The molecule has 2 aromatic heterocycles. The molecule has 9 nitrogen and oxygen atoms in total. The number of hydrogen-bond donors (Lipinski definition) is 1. The zero-order valence-electron chi connectivity index (χ0n) is 16.3. The SMILES string of the molecule is CCOc1nc(NC)nc2c1ncn2C1OC2(F)CO[P+](C)(C)OC2C1(C)F. The van der Waals surface area contributed by atoms with Crippen LogP contribution in [0.2, 0.25) is 0 Å². The maximum absolute atomic E-state index is 15.9. The van der Waals surface area contributed by atoms with Crippen LogP contribution < -0.4 is 10.1 Å². The maximum Gasteiger partial charge on any atom is 0.273 e. The van der Waals surface area contributed by atoms with Gasteiger partial charge in [0.25, 0.3) is 13.6 Å². The molecule has 0 spiro atoms. The van der Waals surface area contributed by atoms with Crippen LogP contribution in [-0.4, -0.2) is 70.7 Å². The van der Waals surface area contributed by atoms with Gasteiger partial charge in [-0.15, -0.1) is 0 Å². The van der Waals surface area contributed by atoms with Crippen molar-refractivity contribution in [3.63, 3.8) is 0 Å². The number of imidazole rings is 1. The zero-order chi connectivity index (χ0) is 20.3. The molecule has 0 aliphatic carbocycles. The van der Waals surface area contributed by atoms with Gasteiger partial charge in [0.2, 0.25) is 17.9 Å². The normalized spacial score (nSPS) is 34.4. The summed E-state index contributed by atoms with van der Waals surface area (Å²) in [7, 11) is -0.707. The summed E-state index contributed by atoms with van der Waals surface area (Å²) in [6.07, 6.45) is -1.45. The second kappa shape index (κ2) is 6.41.